The van der Waals surface area contributed by atoms with Gasteiger partial charge >= 0.3 is 5.97 Å². The second-order valence-electron chi connectivity index (χ2n) is 5.63. The average molecular weight is 314 g/mol. The number of hydrogen-bond acceptors (Lipinski definition) is 6. The van der Waals surface area contributed by atoms with Crippen LogP contribution in [0, 0.1) is 6.92 Å². The van der Waals surface area contributed by atoms with E-state index in [1.807, 2.05) is 13.8 Å². The lowest BCUT2D eigenvalue weighted by Crippen LogP contribution is -2.52. The molecule has 6 heteroatoms. The number of carbonyl (C=O) groups excluding carboxylic acids is 1. The van der Waals surface area contributed by atoms with E-state index in [0.717, 1.165) is 29.3 Å². The Hall–Kier alpha value is -0.590. The first-order valence-electron chi connectivity index (χ1n) is 6.88. The highest BCUT2D eigenvalue weighted by Gasteiger charge is 2.40. The zero-order valence-corrected chi connectivity index (χ0v) is 14.1. The van der Waals surface area contributed by atoms with Gasteiger partial charge in [0.05, 0.1) is 7.11 Å². The lowest BCUT2D eigenvalue weighted by Gasteiger charge is -2.30. The summed E-state index contributed by atoms with van der Waals surface area (Å²) in [5.41, 5.74) is 0.450. The first kappa shape index (κ1) is 15.8. The number of aromatic nitrogens is 1. The highest BCUT2D eigenvalue weighted by atomic mass is 32.2. The molecule has 1 aliphatic carbocycles. The van der Waals surface area contributed by atoms with Crippen LogP contribution in [0.3, 0.4) is 0 Å². The Morgan fingerprint density at radius 2 is 2.40 bits per heavy atom. The molecule has 1 fully saturated rings. The van der Waals surface area contributed by atoms with Gasteiger partial charge in [-0.05, 0) is 33.1 Å². The van der Waals surface area contributed by atoms with Crippen LogP contribution in [0.2, 0.25) is 0 Å². The third kappa shape index (κ3) is 4.20. The molecule has 112 valence electrons. The highest BCUT2D eigenvalue weighted by Crippen LogP contribution is 2.33. The monoisotopic (exact) mass is 314 g/mol. The van der Waals surface area contributed by atoms with Crippen molar-refractivity contribution < 1.29 is 9.53 Å². The van der Waals surface area contributed by atoms with Crippen molar-refractivity contribution in [3.05, 3.63) is 11.1 Å². The van der Waals surface area contributed by atoms with Gasteiger partial charge in [0.25, 0.3) is 0 Å². The maximum atomic E-state index is 12.1. The van der Waals surface area contributed by atoms with Gasteiger partial charge in [-0.25, -0.2) is 4.98 Å². The topological polar surface area (TPSA) is 51.2 Å². The van der Waals surface area contributed by atoms with Crippen molar-refractivity contribution in [2.24, 2.45) is 0 Å². The normalized spacial score (nSPS) is 19.4. The van der Waals surface area contributed by atoms with Gasteiger partial charge in [-0.1, -0.05) is 18.7 Å². The molecule has 0 bridgehead atoms. The Bertz CT molecular complexity index is 473. The van der Waals surface area contributed by atoms with Crippen LogP contribution in [0.4, 0.5) is 0 Å². The van der Waals surface area contributed by atoms with Gasteiger partial charge in [-0.2, -0.15) is 0 Å². The molecule has 1 aromatic rings. The van der Waals surface area contributed by atoms with Gasteiger partial charge in [0.2, 0.25) is 0 Å². The molecule has 1 heterocycles. The molecule has 0 aromatic carbocycles. The van der Waals surface area contributed by atoms with Crippen LogP contribution in [0.1, 0.15) is 38.8 Å². The van der Waals surface area contributed by atoms with Crippen molar-refractivity contribution in [2.75, 3.05) is 7.11 Å². The zero-order chi connectivity index (χ0) is 14.8. The molecule has 1 aromatic heterocycles. The second kappa shape index (κ2) is 6.45. The summed E-state index contributed by atoms with van der Waals surface area (Å²) in [5.74, 6) is -0.174. The van der Waals surface area contributed by atoms with E-state index in [-0.39, 0.29) is 5.97 Å². The first-order chi connectivity index (χ1) is 9.43. The number of aryl methyl sites for hydroxylation is 1. The van der Waals surface area contributed by atoms with Crippen LogP contribution in [0.15, 0.2) is 9.72 Å². The average Bonchev–Trinajstić information content (AvgIpc) is 3.09. The Balaban J connectivity index is 1.97. The van der Waals surface area contributed by atoms with Gasteiger partial charge in [0.15, 0.2) is 0 Å². The van der Waals surface area contributed by atoms with E-state index >= 15 is 0 Å². The molecule has 2 rings (SSSR count). The molecule has 0 radical (unpaired) electrons. The molecule has 1 N–H and O–H groups in total. The summed E-state index contributed by atoms with van der Waals surface area (Å²) in [5, 5.41) is 5.79. The second-order valence-corrected chi connectivity index (χ2v) is 8.17. The molecular weight excluding hydrogens is 292 g/mol. The van der Waals surface area contributed by atoms with Gasteiger partial charge in [-0.15, -0.1) is 11.3 Å². The van der Waals surface area contributed by atoms with Crippen LogP contribution in [0.25, 0.3) is 0 Å². The standard InChI is InChI=1S/C14H22N2O2S2/c1-9-8-19-13(15-9)20-10(2)7-14(3,12(17)18-4)16-11-5-6-11/h8,10-11,16H,5-7H2,1-4H3. The van der Waals surface area contributed by atoms with E-state index in [1.165, 1.54) is 7.11 Å². The maximum Gasteiger partial charge on any atom is 0.325 e. The van der Waals surface area contributed by atoms with E-state index < -0.39 is 5.54 Å². The third-order valence-electron chi connectivity index (χ3n) is 3.33. The molecule has 0 spiro atoms. The predicted octanol–water partition coefficient (Wildman–Crippen LogP) is 3.01. The summed E-state index contributed by atoms with van der Waals surface area (Å²) >= 11 is 3.39. The van der Waals surface area contributed by atoms with E-state index in [9.17, 15) is 4.79 Å². The summed E-state index contributed by atoms with van der Waals surface area (Å²) in [6, 6.07) is 0.471. The Morgan fingerprint density at radius 1 is 1.70 bits per heavy atom. The van der Waals surface area contributed by atoms with Gasteiger partial charge in [0, 0.05) is 22.4 Å². The lowest BCUT2D eigenvalue weighted by molar-refractivity contribution is -0.148. The third-order valence-corrected chi connectivity index (χ3v) is 5.52. The number of thiazole rings is 1. The summed E-state index contributed by atoms with van der Waals surface area (Å²) in [6.07, 6.45) is 3.04. The molecule has 0 saturated heterocycles. The predicted molar refractivity (Wildman–Crippen MR) is 83.4 cm³/mol. The minimum Gasteiger partial charge on any atom is -0.468 e. The van der Waals surface area contributed by atoms with Gasteiger partial charge in [0.1, 0.15) is 9.88 Å². The number of rotatable bonds is 7. The number of esters is 1. The van der Waals surface area contributed by atoms with Gasteiger partial charge < -0.3 is 4.74 Å². The van der Waals surface area contributed by atoms with E-state index in [1.54, 1.807) is 23.1 Å². The molecule has 1 saturated carbocycles. The number of carbonyl (C=O) groups is 1. The van der Waals surface area contributed by atoms with Crippen molar-refractivity contribution in [1.82, 2.24) is 10.3 Å². The molecule has 0 amide bonds. The fraction of sp³-hybridized carbons (Fsp3) is 0.714. The van der Waals surface area contributed by atoms with Crippen molar-refractivity contribution in [3.63, 3.8) is 0 Å². The van der Waals surface area contributed by atoms with Crippen molar-refractivity contribution in [2.45, 2.75) is 61.2 Å². The van der Waals surface area contributed by atoms with Crippen LogP contribution in [-0.2, 0) is 9.53 Å². The number of ether oxygens (including phenoxy) is 1. The highest BCUT2D eigenvalue weighted by molar-refractivity contribution is 8.01. The van der Waals surface area contributed by atoms with Crippen LogP contribution < -0.4 is 5.32 Å². The van der Waals surface area contributed by atoms with Crippen molar-refractivity contribution in [1.29, 1.82) is 0 Å². The molecule has 20 heavy (non-hydrogen) atoms. The van der Waals surface area contributed by atoms with E-state index in [4.69, 9.17) is 4.74 Å². The number of hydrogen-bond donors (Lipinski definition) is 1. The quantitative estimate of drug-likeness (QED) is 0.619. The Labute approximate surface area is 128 Å². The summed E-state index contributed by atoms with van der Waals surface area (Å²) in [7, 11) is 1.46. The smallest absolute Gasteiger partial charge is 0.325 e. The van der Waals surface area contributed by atoms with Crippen LogP contribution in [0.5, 0.6) is 0 Å². The number of thioether (sulfide) groups is 1. The minimum absolute atomic E-state index is 0.174. The van der Waals surface area contributed by atoms with Crippen LogP contribution >= 0.6 is 23.1 Å². The number of nitrogens with zero attached hydrogens (tertiary/aromatic N) is 1. The maximum absolute atomic E-state index is 12.1. The Morgan fingerprint density at radius 3 is 2.90 bits per heavy atom. The summed E-state index contributed by atoms with van der Waals surface area (Å²) in [6.45, 7) is 6.08. The fourth-order valence-corrected chi connectivity index (χ4v) is 4.62. The largest absolute Gasteiger partial charge is 0.468 e. The molecule has 0 aliphatic heterocycles. The fourth-order valence-electron chi connectivity index (χ4n) is 2.28. The van der Waals surface area contributed by atoms with Gasteiger partial charge in [-0.3, -0.25) is 10.1 Å². The first-order valence-corrected chi connectivity index (χ1v) is 8.64. The minimum atomic E-state index is -0.603. The molecule has 2 atom stereocenters. The molecule has 4 nitrogen and oxygen atoms in total. The van der Waals surface area contributed by atoms with E-state index in [2.05, 4.69) is 22.6 Å². The Kier molecular flexibility index (Phi) is 5.09. The summed E-state index contributed by atoms with van der Waals surface area (Å²) in [4.78, 5) is 16.5. The lowest BCUT2D eigenvalue weighted by atomic mass is 9.96. The van der Waals surface area contributed by atoms with Crippen LogP contribution in [-0.4, -0.2) is 34.9 Å². The van der Waals surface area contributed by atoms with Crippen molar-refractivity contribution in [3.8, 4) is 0 Å². The molecule has 2 unspecified atom stereocenters. The number of methoxy groups -OCH3 is 1. The number of nitrogens with one attached hydrogen (secondary N) is 1. The van der Waals surface area contributed by atoms with Crippen molar-refractivity contribution >= 4 is 29.1 Å². The molecular formula is C14H22N2O2S2. The van der Waals surface area contributed by atoms with E-state index in [0.29, 0.717) is 11.3 Å². The summed E-state index contributed by atoms with van der Waals surface area (Å²) < 4.78 is 6.04. The molecule has 1 aliphatic rings. The SMILES string of the molecule is COC(=O)C(C)(CC(C)Sc1nc(C)cs1)NC1CC1. The zero-order valence-electron chi connectivity index (χ0n) is 12.4.